The first-order chi connectivity index (χ1) is 7.78. The summed E-state index contributed by atoms with van der Waals surface area (Å²) in [5.41, 5.74) is 0. The molecule has 1 saturated heterocycles. The molecule has 98 valence electrons. The van der Waals surface area contributed by atoms with Crippen LogP contribution in [0.15, 0.2) is 0 Å². The van der Waals surface area contributed by atoms with Crippen LogP contribution in [-0.4, -0.2) is 41.1 Å². The Hall–Kier alpha value is -1.27. The molecule has 1 aliphatic rings. The lowest BCUT2D eigenvalue weighted by atomic mass is 10.0. The Balaban J connectivity index is 2.34. The Kier molecular flexibility index (Phi) is 4.36. The maximum absolute atomic E-state index is 12.0. The van der Waals surface area contributed by atoms with Gasteiger partial charge in [-0.3, -0.25) is 9.59 Å². The zero-order chi connectivity index (χ0) is 13.1. The van der Waals surface area contributed by atoms with E-state index in [0.29, 0.717) is 19.4 Å². The largest absolute Gasteiger partial charge is 0.481 e. The SMILES string of the molecule is O=C(O)CCC1CCN(C(=O)CC(F)(F)F)C1. The van der Waals surface area contributed by atoms with Crippen molar-refractivity contribution in [1.82, 2.24) is 4.90 Å². The van der Waals surface area contributed by atoms with Gasteiger partial charge in [0.1, 0.15) is 6.42 Å². The highest BCUT2D eigenvalue weighted by Gasteiger charge is 2.35. The molecule has 0 radical (unpaired) electrons. The van der Waals surface area contributed by atoms with Crippen molar-refractivity contribution >= 4 is 11.9 Å². The van der Waals surface area contributed by atoms with Crippen LogP contribution in [0.2, 0.25) is 0 Å². The van der Waals surface area contributed by atoms with Crippen molar-refractivity contribution < 1.29 is 27.9 Å². The third kappa shape index (κ3) is 5.06. The van der Waals surface area contributed by atoms with Crippen LogP contribution in [0.3, 0.4) is 0 Å². The molecule has 1 rings (SSSR count). The van der Waals surface area contributed by atoms with Crippen molar-refractivity contribution in [1.29, 1.82) is 0 Å². The molecule has 7 heteroatoms. The first-order valence-electron chi connectivity index (χ1n) is 5.34. The Morgan fingerprint density at radius 1 is 1.35 bits per heavy atom. The highest BCUT2D eigenvalue weighted by molar-refractivity contribution is 5.77. The number of carbonyl (C=O) groups excluding carboxylic acids is 1. The third-order valence-corrected chi connectivity index (χ3v) is 2.76. The summed E-state index contributed by atoms with van der Waals surface area (Å²) < 4.78 is 36.0. The number of rotatable bonds is 4. The maximum atomic E-state index is 12.0. The van der Waals surface area contributed by atoms with Crippen LogP contribution in [-0.2, 0) is 9.59 Å². The van der Waals surface area contributed by atoms with Gasteiger partial charge < -0.3 is 10.0 Å². The minimum absolute atomic E-state index is 0.00304. The van der Waals surface area contributed by atoms with Gasteiger partial charge in [0.05, 0.1) is 0 Å². The van der Waals surface area contributed by atoms with Crippen molar-refractivity contribution in [3.63, 3.8) is 0 Å². The van der Waals surface area contributed by atoms with E-state index in [-0.39, 0.29) is 18.9 Å². The van der Waals surface area contributed by atoms with Crippen molar-refractivity contribution in [3.05, 3.63) is 0 Å². The van der Waals surface area contributed by atoms with Crippen molar-refractivity contribution in [2.45, 2.75) is 31.9 Å². The van der Waals surface area contributed by atoms with Gasteiger partial charge in [-0.15, -0.1) is 0 Å². The second-order valence-electron chi connectivity index (χ2n) is 4.22. The number of alkyl halides is 3. The second kappa shape index (κ2) is 5.37. The Morgan fingerprint density at radius 2 is 2.00 bits per heavy atom. The average Bonchev–Trinajstić information content (AvgIpc) is 2.60. The fourth-order valence-corrected chi connectivity index (χ4v) is 1.91. The summed E-state index contributed by atoms with van der Waals surface area (Å²) in [5.74, 6) is -1.84. The van der Waals surface area contributed by atoms with Crippen molar-refractivity contribution in [2.75, 3.05) is 13.1 Å². The predicted molar refractivity (Wildman–Crippen MR) is 52.2 cm³/mol. The van der Waals surface area contributed by atoms with Gasteiger partial charge in [-0.1, -0.05) is 0 Å². The van der Waals surface area contributed by atoms with E-state index in [4.69, 9.17) is 5.11 Å². The van der Waals surface area contributed by atoms with Crippen LogP contribution in [0.1, 0.15) is 25.7 Å². The number of carboxylic acids is 1. The van der Waals surface area contributed by atoms with Gasteiger partial charge in [0.15, 0.2) is 0 Å². The van der Waals surface area contributed by atoms with Crippen LogP contribution in [0.4, 0.5) is 13.2 Å². The van der Waals surface area contributed by atoms with Crippen LogP contribution in [0, 0.1) is 5.92 Å². The van der Waals surface area contributed by atoms with Crippen LogP contribution < -0.4 is 0 Å². The lowest BCUT2D eigenvalue weighted by molar-refractivity contribution is -0.160. The first kappa shape index (κ1) is 13.8. The van der Waals surface area contributed by atoms with E-state index < -0.39 is 24.5 Å². The molecular weight excluding hydrogens is 239 g/mol. The molecule has 0 aromatic carbocycles. The molecule has 0 aromatic heterocycles. The van der Waals surface area contributed by atoms with E-state index in [1.54, 1.807) is 0 Å². The number of hydrogen-bond donors (Lipinski definition) is 1. The minimum Gasteiger partial charge on any atom is -0.481 e. The number of hydrogen-bond acceptors (Lipinski definition) is 2. The topological polar surface area (TPSA) is 57.6 Å². The normalized spacial score (nSPS) is 20.6. The van der Waals surface area contributed by atoms with Gasteiger partial charge >= 0.3 is 12.1 Å². The highest BCUT2D eigenvalue weighted by atomic mass is 19.4. The summed E-state index contributed by atoms with van der Waals surface area (Å²) in [7, 11) is 0. The molecule has 0 bridgehead atoms. The van der Waals surface area contributed by atoms with E-state index in [1.807, 2.05) is 0 Å². The van der Waals surface area contributed by atoms with E-state index in [9.17, 15) is 22.8 Å². The summed E-state index contributed by atoms with van der Waals surface area (Å²) in [6, 6.07) is 0. The van der Waals surface area contributed by atoms with E-state index >= 15 is 0 Å². The highest BCUT2D eigenvalue weighted by Crippen LogP contribution is 2.25. The number of likely N-dealkylation sites (tertiary alicyclic amines) is 1. The molecule has 0 aromatic rings. The Morgan fingerprint density at radius 3 is 2.53 bits per heavy atom. The number of halogens is 3. The maximum Gasteiger partial charge on any atom is 0.397 e. The van der Waals surface area contributed by atoms with Gasteiger partial charge in [0.25, 0.3) is 0 Å². The zero-order valence-corrected chi connectivity index (χ0v) is 9.16. The molecule has 1 aliphatic heterocycles. The molecule has 0 saturated carbocycles. The summed E-state index contributed by atoms with van der Waals surface area (Å²) in [4.78, 5) is 22.7. The third-order valence-electron chi connectivity index (χ3n) is 2.76. The lowest BCUT2D eigenvalue weighted by Gasteiger charge is -2.17. The Bertz CT molecular complexity index is 304. The molecule has 4 nitrogen and oxygen atoms in total. The second-order valence-corrected chi connectivity index (χ2v) is 4.22. The molecule has 0 aliphatic carbocycles. The Labute approximate surface area is 96.4 Å². The summed E-state index contributed by atoms with van der Waals surface area (Å²) >= 11 is 0. The van der Waals surface area contributed by atoms with Crippen LogP contribution >= 0.6 is 0 Å². The fraction of sp³-hybridized carbons (Fsp3) is 0.800. The molecular formula is C10H14F3NO3. The van der Waals surface area contributed by atoms with E-state index in [1.165, 1.54) is 4.90 Å². The quantitative estimate of drug-likeness (QED) is 0.828. The summed E-state index contributed by atoms with van der Waals surface area (Å²) in [5, 5.41) is 8.47. The number of carboxylic acid groups (broad SMARTS) is 1. The number of amides is 1. The summed E-state index contributed by atoms with van der Waals surface area (Å²) in [6.07, 6.45) is -4.93. The fourth-order valence-electron chi connectivity index (χ4n) is 1.91. The van der Waals surface area contributed by atoms with E-state index in [2.05, 4.69) is 0 Å². The van der Waals surface area contributed by atoms with Gasteiger partial charge in [0, 0.05) is 19.5 Å². The lowest BCUT2D eigenvalue weighted by Crippen LogP contribution is -2.32. The molecule has 0 spiro atoms. The minimum atomic E-state index is -4.48. The monoisotopic (exact) mass is 253 g/mol. The van der Waals surface area contributed by atoms with E-state index in [0.717, 1.165) is 0 Å². The standard InChI is InChI=1S/C10H14F3NO3/c11-10(12,13)5-8(15)14-4-3-7(6-14)1-2-9(16)17/h7H,1-6H2,(H,16,17). The molecule has 1 fully saturated rings. The zero-order valence-electron chi connectivity index (χ0n) is 9.16. The van der Waals surface area contributed by atoms with Crippen molar-refractivity contribution in [3.8, 4) is 0 Å². The smallest absolute Gasteiger partial charge is 0.397 e. The first-order valence-corrected chi connectivity index (χ1v) is 5.34. The van der Waals surface area contributed by atoms with Crippen LogP contribution in [0.25, 0.3) is 0 Å². The molecule has 1 heterocycles. The van der Waals surface area contributed by atoms with Crippen molar-refractivity contribution in [2.24, 2.45) is 5.92 Å². The van der Waals surface area contributed by atoms with Gasteiger partial charge in [-0.2, -0.15) is 13.2 Å². The number of aliphatic carboxylic acids is 1. The average molecular weight is 253 g/mol. The number of nitrogens with zero attached hydrogens (tertiary/aromatic N) is 1. The molecule has 1 atom stereocenters. The van der Waals surface area contributed by atoms with Crippen LogP contribution in [0.5, 0.6) is 0 Å². The van der Waals surface area contributed by atoms with Gasteiger partial charge in [-0.05, 0) is 18.8 Å². The molecule has 1 amide bonds. The molecule has 1 N–H and O–H groups in total. The summed E-state index contributed by atoms with van der Waals surface area (Å²) in [6.45, 7) is 0.529. The van der Waals surface area contributed by atoms with Gasteiger partial charge in [0.2, 0.25) is 5.91 Å². The number of carbonyl (C=O) groups is 2. The molecule has 17 heavy (non-hydrogen) atoms. The van der Waals surface area contributed by atoms with Gasteiger partial charge in [-0.25, -0.2) is 0 Å². The predicted octanol–water partition coefficient (Wildman–Crippen LogP) is 1.65. The molecule has 1 unspecified atom stereocenters.